The Balaban J connectivity index is 1.37. The number of hydroxylamine groups is 2. The SMILES string of the molecule is COC1=CCON(Cc2ccccc2)[C@H]1[C@H](OCc1ccccc1)[C@@H](OCc1ccccc1)[C@H](CO[Si](c1ccccc1)(c1ccccc1)C(C)(C)C)OCc1ccccc1. The maximum atomic E-state index is 7.71. The number of rotatable bonds is 20. The van der Waals surface area contributed by atoms with Gasteiger partial charge in [-0.3, -0.25) is 4.84 Å². The third-order valence-corrected chi connectivity index (χ3v) is 16.3. The van der Waals surface area contributed by atoms with Crippen LogP contribution in [-0.4, -0.2) is 58.1 Å². The molecule has 0 unspecified atom stereocenters. The highest BCUT2D eigenvalue weighted by Crippen LogP contribution is 2.38. The summed E-state index contributed by atoms with van der Waals surface area (Å²) in [6.07, 6.45) is 0.0276. The van der Waals surface area contributed by atoms with Crippen LogP contribution in [0.5, 0.6) is 0 Å². The molecule has 0 saturated carbocycles. The molecule has 1 aliphatic heterocycles. The smallest absolute Gasteiger partial charge is 0.261 e. The van der Waals surface area contributed by atoms with E-state index in [-0.39, 0.29) is 11.6 Å². The summed E-state index contributed by atoms with van der Waals surface area (Å²) in [5.74, 6) is 0.739. The van der Waals surface area contributed by atoms with E-state index in [4.69, 9.17) is 28.2 Å². The molecule has 0 aliphatic carbocycles. The lowest BCUT2D eigenvalue weighted by Gasteiger charge is -2.46. The summed E-state index contributed by atoms with van der Waals surface area (Å²) in [5, 5.41) is 4.10. The van der Waals surface area contributed by atoms with E-state index < -0.39 is 32.7 Å². The minimum absolute atomic E-state index is 0.225. The summed E-state index contributed by atoms with van der Waals surface area (Å²) in [6.45, 7) is 8.95. The van der Waals surface area contributed by atoms with Crippen LogP contribution >= 0.6 is 0 Å². The Morgan fingerprint density at radius 1 is 0.574 bits per heavy atom. The summed E-state index contributed by atoms with van der Waals surface area (Å²) in [6, 6.07) is 62.1. The molecular formula is C53H59NO6Si. The van der Waals surface area contributed by atoms with Crippen LogP contribution in [0.3, 0.4) is 0 Å². The Bertz CT molecular complexity index is 2150. The van der Waals surface area contributed by atoms with E-state index in [0.717, 1.165) is 28.0 Å². The summed E-state index contributed by atoms with van der Waals surface area (Å²) in [4.78, 5) is 6.53. The highest BCUT2D eigenvalue weighted by molar-refractivity contribution is 6.99. The fourth-order valence-corrected chi connectivity index (χ4v) is 12.9. The first-order valence-electron chi connectivity index (χ1n) is 21.2. The van der Waals surface area contributed by atoms with Gasteiger partial charge in [-0.2, -0.15) is 5.06 Å². The summed E-state index contributed by atoms with van der Waals surface area (Å²) >= 11 is 0. The van der Waals surface area contributed by atoms with Crippen LogP contribution in [0.25, 0.3) is 0 Å². The van der Waals surface area contributed by atoms with Gasteiger partial charge in [0, 0.05) is 0 Å². The molecule has 0 radical (unpaired) electrons. The average Bonchev–Trinajstić information content (AvgIpc) is 3.30. The Kier molecular flexibility index (Phi) is 15.5. The summed E-state index contributed by atoms with van der Waals surface area (Å²) in [7, 11) is -1.31. The molecule has 7 rings (SSSR count). The lowest BCUT2D eigenvalue weighted by atomic mass is 9.96. The van der Waals surface area contributed by atoms with E-state index in [1.165, 1.54) is 10.4 Å². The average molecular weight is 834 g/mol. The fourth-order valence-electron chi connectivity index (χ4n) is 8.29. The monoisotopic (exact) mass is 833 g/mol. The van der Waals surface area contributed by atoms with Crippen molar-refractivity contribution in [2.24, 2.45) is 0 Å². The number of ether oxygens (including phenoxy) is 4. The van der Waals surface area contributed by atoms with Gasteiger partial charge in [-0.05, 0) is 43.7 Å². The number of benzene rings is 6. The molecule has 316 valence electrons. The standard InChI is InChI=1S/C53H59NO6Si/c1-53(2,3)61(46-31-19-9-20-32-46,47-33-21-10-22-34-47)60-41-49(56-38-43-25-13-6-14-26-43)51(57-39-44-27-15-7-16-28-44)52(58-40-45-29-17-8-18-30-45)50-48(55-4)35-36-59-54(50)37-42-23-11-5-12-24-42/h5-35,49-52H,36-41H2,1-4H3/t49-,50+,51-,52-/m0/s1. The first-order chi connectivity index (χ1) is 29.9. The summed E-state index contributed by atoms with van der Waals surface area (Å²) < 4.78 is 35.6. The van der Waals surface area contributed by atoms with E-state index in [1.54, 1.807) is 7.11 Å². The summed E-state index contributed by atoms with van der Waals surface area (Å²) in [5.41, 5.74) is 4.22. The van der Waals surface area contributed by atoms with Crippen molar-refractivity contribution in [3.8, 4) is 0 Å². The minimum Gasteiger partial charge on any atom is -0.499 e. The van der Waals surface area contributed by atoms with E-state index in [2.05, 4.69) is 130 Å². The Morgan fingerprint density at radius 2 is 1.00 bits per heavy atom. The van der Waals surface area contributed by atoms with Gasteiger partial charge < -0.3 is 23.4 Å². The van der Waals surface area contributed by atoms with Crippen molar-refractivity contribution in [3.63, 3.8) is 0 Å². The van der Waals surface area contributed by atoms with Crippen LogP contribution in [-0.2, 0) is 54.6 Å². The predicted octanol–water partition coefficient (Wildman–Crippen LogP) is 9.67. The van der Waals surface area contributed by atoms with Crippen LogP contribution in [0, 0.1) is 0 Å². The Morgan fingerprint density at radius 3 is 1.46 bits per heavy atom. The van der Waals surface area contributed by atoms with Crippen LogP contribution in [0.1, 0.15) is 43.0 Å². The van der Waals surface area contributed by atoms with Gasteiger partial charge in [0.1, 0.15) is 30.1 Å². The highest BCUT2D eigenvalue weighted by Gasteiger charge is 2.52. The maximum absolute atomic E-state index is 7.71. The Labute approximate surface area is 363 Å². The highest BCUT2D eigenvalue weighted by atomic mass is 28.4. The molecule has 0 bridgehead atoms. The zero-order valence-corrected chi connectivity index (χ0v) is 36.8. The predicted molar refractivity (Wildman–Crippen MR) is 245 cm³/mol. The molecule has 0 saturated heterocycles. The molecule has 6 aromatic rings. The maximum Gasteiger partial charge on any atom is 0.261 e. The quantitative estimate of drug-likeness (QED) is 0.0711. The van der Waals surface area contributed by atoms with Gasteiger partial charge in [0.2, 0.25) is 0 Å². The van der Waals surface area contributed by atoms with Crippen LogP contribution in [0.15, 0.2) is 194 Å². The molecule has 1 heterocycles. The fraction of sp³-hybridized carbons (Fsp3) is 0.283. The van der Waals surface area contributed by atoms with Crippen LogP contribution in [0.2, 0.25) is 5.04 Å². The van der Waals surface area contributed by atoms with Crippen molar-refractivity contribution < 1.29 is 28.2 Å². The van der Waals surface area contributed by atoms with Crippen molar-refractivity contribution in [2.75, 3.05) is 20.3 Å². The third-order valence-electron chi connectivity index (χ3n) is 11.3. The van der Waals surface area contributed by atoms with E-state index in [1.807, 2.05) is 83.9 Å². The molecule has 0 spiro atoms. The van der Waals surface area contributed by atoms with Crippen LogP contribution < -0.4 is 10.4 Å². The van der Waals surface area contributed by atoms with Crippen molar-refractivity contribution in [2.45, 2.75) is 76.5 Å². The molecule has 1 aliphatic rings. The van der Waals surface area contributed by atoms with Gasteiger partial charge in [0.05, 0.1) is 46.7 Å². The second-order valence-electron chi connectivity index (χ2n) is 16.4. The van der Waals surface area contributed by atoms with Crippen LogP contribution in [0.4, 0.5) is 0 Å². The first kappa shape index (κ1) is 43.9. The second kappa shape index (κ2) is 21.6. The normalized spacial score (nSPS) is 16.3. The molecule has 7 nitrogen and oxygen atoms in total. The first-order valence-corrected chi connectivity index (χ1v) is 23.2. The molecular weight excluding hydrogens is 775 g/mol. The molecule has 0 fully saturated rings. The molecule has 6 aromatic carbocycles. The third kappa shape index (κ3) is 11.2. The second-order valence-corrected chi connectivity index (χ2v) is 20.7. The van der Waals surface area contributed by atoms with Gasteiger partial charge in [-0.15, -0.1) is 0 Å². The van der Waals surface area contributed by atoms with E-state index in [9.17, 15) is 0 Å². The van der Waals surface area contributed by atoms with E-state index >= 15 is 0 Å². The lowest BCUT2D eigenvalue weighted by molar-refractivity contribution is -0.246. The van der Waals surface area contributed by atoms with Gasteiger partial charge >= 0.3 is 0 Å². The lowest BCUT2D eigenvalue weighted by Crippen LogP contribution is -2.67. The number of hydrogen-bond donors (Lipinski definition) is 0. The van der Waals surface area contributed by atoms with Crippen molar-refractivity contribution in [1.29, 1.82) is 0 Å². The number of nitrogens with zero attached hydrogens (tertiary/aromatic N) is 1. The molecule has 0 aromatic heterocycles. The van der Waals surface area contributed by atoms with Gasteiger partial charge in [-0.25, -0.2) is 0 Å². The molecule has 0 N–H and O–H groups in total. The minimum atomic E-state index is -3.03. The Hall–Kier alpha value is -5.16. The molecule has 61 heavy (non-hydrogen) atoms. The molecule has 0 amide bonds. The zero-order chi connectivity index (χ0) is 42.3. The largest absolute Gasteiger partial charge is 0.499 e. The zero-order valence-electron chi connectivity index (χ0n) is 35.8. The van der Waals surface area contributed by atoms with Crippen molar-refractivity contribution >= 4 is 18.7 Å². The number of hydrogen-bond acceptors (Lipinski definition) is 7. The number of methoxy groups -OCH3 is 1. The van der Waals surface area contributed by atoms with Gasteiger partial charge in [0.15, 0.2) is 0 Å². The molecule has 8 heteroatoms. The van der Waals surface area contributed by atoms with Gasteiger partial charge in [0.25, 0.3) is 8.32 Å². The topological polar surface area (TPSA) is 58.6 Å². The molecule has 4 atom stereocenters. The van der Waals surface area contributed by atoms with Crippen molar-refractivity contribution in [3.05, 3.63) is 216 Å². The van der Waals surface area contributed by atoms with E-state index in [0.29, 0.717) is 33.0 Å². The van der Waals surface area contributed by atoms with Gasteiger partial charge in [-0.1, -0.05) is 203 Å². The van der Waals surface area contributed by atoms with Crippen molar-refractivity contribution in [1.82, 2.24) is 5.06 Å².